The zero-order valence-electron chi connectivity index (χ0n) is 8.67. The highest BCUT2D eigenvalue weighted by Gasteiger charge is 2.18. The van der Waals surface area contributed by atoms with Crippen LogP contribution in [0, 0.1) is 0 Å². The van der Waals surface area contributed by atoms with Crippen LogP contribution >= 0.6 is 11.3 Å². The zero-order valence-corrected chi connectivity index (χ0v) is 9.49. The molecule has 4 N–H and O–H groups in total. The maximum Gasteiger partial charge on any atom is 0.0565 e. The van der Waals surface area contributed by atoms with Crippen molar-refractivity contribution in [2.75, 3.05) is 32.8 Å². The Kier molecular flexibility index (Phi) is 5.82. The van der Waals surface area contributed by atoms with Crippen molar-refractivity contribution in [3.63, 3.8) is 0 Å². The Balaban J connectivity index is 2.69. The molecule has 0 bridgehead atoms. The van der Waals surface area contributed by atoms with E-state index in [0.717, 1.165) is 0 Å². The minimum Gasteiger partial charge on any atom is -0.395 e. The molecular weight excluding hydrogens is 212 g/mol. The van der Waals surface area contributed by atoms with Crippen molar-refractivity contribution < 1.29 is 10.2 Å². The molecule has 1 aromatic heterocycles. The number of hydrogen-bond donors (Lipinski definition) is 3. The van der Waals surface area contributed by atoms with Gasteiger partial charge < -0.3 is 15.9 Å². The summed E-state index contributed by atoms with van der Waals surface area (Å²) >= 11 is 1.65. The Morgan fingerprint density at radius 1 is 1.33 bits per heavy atom. The Labute approximate surface area is 93.9 Å². The number of aliphatic hydroxyl groups is 2. The maximum atomic E-state index is 8.94. The Bertz CT molecular complexity index is 248. The quantitative estimate of drug-likeness (QED) is 0.618. The molecule has 1 aromatic rings. The number of nitrogens with two attached hydrogens (primary N) is 1. The van der Waals surface area contributed by atoms with Crippen LogP contribution in [-0.2, 0) is 0 Å². The molecule has 86 valence electrons. The topological polar surface area (TPSA) is 69.7 Å². The monoisotopic (exact) mass is 230 g/mol. The molecular formula is C10H18N2O2S. The molecule has 0 saturated carbocycles. The number of thiophene rings is 1. The largest absolute Gasteiger partial charge is 0.395 e. The van der Waals surface area contributed by atoms with Crippen LogP contribution in [0.5, 0.6) is 0 Å². The molecule has 15 heavy (non-hydrogen) atoms. The van der Waals surface area contributed by atoms with E-state index in [-0.39, 0.29) is 19.3 Å². The molecule has 0 fully saturated rings. The molecule has 0 saturated heterocycles. The Morgan fingerprint density at radius 2 is 2.00 bits per heavy atom. The zero-order chi connectivity index (χ0) is 11.1. The lowest BCUT2D eigenvalue weighted by molar-refractivity contribution is 0.126. The number of rotatable bonds is 7. The summed E-state index contributed by atoms with van der Waals surface area (Å²) in [6.45, 7) is 1.75. The predicted molar refractivity (Wildman–Crippen MR) is 61.9 cm³/mol. The summed E-state index contributed by atoms with van der Waals surface area (Å²) < 4.78 is 0. The molecule has 1 rings (SSSR count). The minimum atomic E-state index is 0.0852. The van der Waals surface area contributed by atoms with Crippen LogP contribution in [0.3, 0.4) is 0 Å². The average molecular weight is 230 g/mol. The molecule has 0 spiro atoms. The number of nitrogens with zero attached hydrogens (tertiary/aromatic N) is 1. The first-order valence-electron chi connectivity index (χ1n) is 5.02. The molecule has 1 atom stereocenters. The van der Waals surface area contributed by atoms with Gasteiger partial charge in [-0.25, -0.2) is 0 Å². The van der Waals surface area contributed by atoms with Gasteiger partial charge in [-0.3, -0.25) is 4.90 Å². The first-order chi connectivity index (χ1) is 7.33. The van der Waals surface area contributed by atoms with E-state index in [9.17, 15) is 0 Å². The standard InChI is InChI=1S/C10H18N2O2S/c11-8-9(10-2-1-7-15-10)12(3-5-13)4-6-14/h1-2,7,9,13-14H,3-6,8,11H2. The van der Waals surface area contributed by atoms with Gasteiger partial charge in [-0.05, 0) is 11.4 Å². The lowest BCUT2D eigenvalue weighted by Crippen LogP contribution is -2.37. The van der Waals surface area contributed by atoms with Crippen LogP contribution in [0.1, 0.15) is 10.9 Å². The van der Waals surface area contributed by atoms with Crippen molar-refractivity contribution in [3.8, 4) is 0 Å². The fourth-order valence-corrected chi connectivity index (χ4v) is 2.48. The van der Waals surface area contributed by atoms with Crippen molar-refractivity contribution in [1.82, 2.24) is 4.90 Å². The third kappa shape index (κ3) is 3.55. The first-order valence-corrected chi connectivity index (χ1v) is 5.90. The van der Waals surface area contributed by atoms with Crippen molar-refractivity contribution in [3.05, 3.63) is 22.4 Å². The van der Waals surface area contributed by atoms with E-state index in [1.165, 1.54) is 4.88 Å². The van der Waals surface area contributed by atoms with Gasteiger partial charge in [0, 0.05) is 24.5 Å². The van der Waals surface area contributed by atoms with E-state index < -0.39 is 0 Å². The summed E-state index contributed by atoms with van der Waals surface area (Å²) in [5.41, 5.74) is 5.73. The third-order valence-corrected chi connectivity index (χ3v) is 3.28. The van der Waals surface area contributed by atoms with Gasteiger partial charge in [0.05, 0.1) is 19.3 Å². The molecule has 0 aliphatic heterocycles. The van der Waals surface area contributed by atoms with Gasteiger partial charge in [0.15, 0.2) is 0 Å². The molecule has 0 aromatic carbocycles. The fourth-order valence-electron chi connectivity index (χ4n) is 1.61. The van der Waals surface area contributed by atoms with Gasteiger partial charge in [-0.2, -0.15) is 0 Å². The van der Waals surface area contributed by atoms with Crippen LogP contribution < -0.4 is 5.73 Å². The summed E-state index contributed by atoms with van der Waals surface area (Å²) in [6, 6.07) is 4.12. The van der Waals surface area contributed by atoms with Crippen LogP contribution in [0.25, 0.3) is 0 Å². The summed E-state index contributed by atoms with van der Waals surface area (Å²) in [4.78, 5) is 3.19. The van der Waals surface area contributed by atoms with Crippen LogP contribution in [-0.4, -0.2) is 48.0 Å². The molecule has 0 aliphatic rings. The molecule has 0 aliphatic carbocycles. The van der Waals surface area contributed by atoms with Gasteiger partial charge in [-0.15, -0.1) is 11.3 Å². The van der Waals surface area contributed by atoms with Gasteiger partial charge >= 0.3 is 0 Å². The van der Waals surface area contributed by atoms with Gasteiger partial charge in [0.25, 0.3) is 0 Å². The van der Waals surface area contributed by atoms with Crippen LogP contribution in [0.2, 0.25) is 0 Å². The van der Waals surface area contributed by atoms with Gasteiger partial charge in [-0.1, -0.05) is 6.07 Å². The van der Waals surface area contributed by atoms with Crippen LogP contribution in [0.4, 0.5) is 0 Å². The molecule has 1 heterocycles. The molecule has 1 unspecified atom stereocenters. The third-order valence-electron chi connectivity index (χ3n) is 2.31. The predicted octanol–water partition coefficient (Wildman–Crippen LogP) is 0.0345. The highest BCUT2D eigenvalue weighted by molar-refractivity contribution is 7.10. The Morgan fingerprint density at radius 3 is 2.40 bits per heavy atom. The van der Waals surface area contributed by atoms with Gasteiger partial charge in [0.1, 0.15) is 0 Å². The van der Waals surface area contributed by atoms with Gasteiger partial charge in [0.2, 0.25) is 0 Å². The second-order valence-electron chi connectivity index (χ2n) is 3.25. The highest BCUT2D eigenvalue weighted by Crippen LogP contribution is 2.23. The first kappa shape index (κ1) is 12.6. The number of hydrogen-bond acceptors (Lipinski definition) is 5. The average Bonchev–Trinajstić information content (AvgIpc) is 2.73. The van der Waals surface area contributed by atoms with E-state index in [0.29, 0.717) is 19.6 Å². The second-order valence-corrected chi connectivity index (χ2v) is 4.23. The van der Waals surface area contributed by atoms with E-state index in [2.05, 4.69) is 0 Å². The van der Waals surface area contributed by atoms with E-state index in [1.807, 2.05) is 22.4 Å². The molecule has 0 radical (unpaired) electrons. The molecule has 4 nitrogen and oxygen atoms in total. The van der Waals surface area contributed by atoms with Crippen molar-refractivity contribution >= 4 is 11.3 Å². The van der Waals surface area contributed by atoms with E-state index >= 15 is 0 Å². The highest BCUT2D eigenvalue weighted by atomic mass is 32.1. The maximum absolute atomic E-state index is 8.94. The summed E-state index contributed by atoms with van der Waals surface area (Å²) in [5.74, 6) is 0. The normalized spacial score (nSPS) is 13.3. The van der Waals surface area contributed by atoms with Crippen LogP contribution in [0.15, 0.2) is 17.5 Å². The summed E-state index contributed by atoms with van der Waals surface area (Å²) in [5, 5.41) is 19.9. The van der Waals surface area contributed by atoms with Crippen molar-refractivity contribution in [1.29, 1.82) is 0 Å². The Hall–Kier alpha value is -0.460. The van der Waals surface area contributed by atoms with Crippen molar-refractivity contribution in [2.24, 2.45) is 5.73 Å². The fraction of sp³-hybridized carbons (Fsp3) is 0.600. The molecule has 5 heteroatoms. The lowest BCUT2D eigenvalue weighted by atomic mass is 10.2. The second kappa shape index (κ2) is 6.92. The summed E-state index contributed by atoms with van der Waals surface area (Å²) in [6.07, 6.45) is 0. The molecule has 0 amide bonds. The lowest BCUT2D eigenvalue weighted by Gasteiger charge is -2.28. The summed E-state index contributed by atoms with van der Waals surface area (Å²) in [7, 11) is 0. The van der Waals surface area contributed by atoms with E-state index in [1.54, 1.807) is 11.3 Å². The van der Waals surface area contributed by atoms with E-state index in [4.69, 9.17) is 15.9 Å². The SMILES string of the molecule is NCC(c1cccs1)N(CCO)CCO. The van der Waals surface area contributed by atoms with Crippen molar-refractivity contribution in [2.45, 2.75) is 6.04 Å². The smallest absolute Gasteiger partial charge is 0.0565 e. The minimum absolute atomic E-state index is 0.0852. The number of aliphatic hydroxyl groups excluding tert-OH is 2.